The zero-order chi connectivity index (χ0) is 21.5. The molecule has 0 saturated heterocycles. The van der Waals surface area contributed by atoms with Crippen molar-refractivity contribution in [3.63, 3.8) is 0 Å². The molecule has 3 aromatic heterocycles. The Morgan fingerprint density at radius 3 is 2.53 bits per heavy atom. The van der Waals surface area contributed by atoms with Gasteiger partial charge in [-0.1, -0.05) is 17.7 Å². The molecule has 0 bridgehead atoms. The molecule has 9 heteroatoms. The van der Waals surface area contributed by atoms with Gasteiger partial charge in [-0.2, -0.15) is 4.39 Å². The number of halogens is 2. The van der Waals surface area contributed by atoms with E-state index in [0.29, 0.717) is 26.7 Å². The van der Waals surface area contributed by atoms with Crippen LogP contribution in [-0.2, 0) is 21.4 Å². The predicted molar refractivity (Wildman–Crippen MR) is 115 cm³/mol. The highest BCUT2D eigenvalue weighted by Gasteiger charge is 2.29. The summed E-state index contributed by atoms with van der Waals surface area (Å²) in [5, 5.41) is 0.553. The van der Waals surface area contributed by atoms with Crippen LogP contribution in [0.4, 0.5) is 4.39 Å². The lowest BCUT2D eigenvalue weighted by Crippen LogP contribution is -2.17. The van der Waals surface area contributed by atoms with E-state index in [2.05, 4.69) is 25.9 Å². The second-order valence-corrected chi connectivity index (χ2v) is 9.43. The van der Waals surface area contributed by atoms with Gasteiger partial charge < -0.3 is 4.74 Å². The summed E-state index contributed by atoms with van der Waals surface area (Å²) in [5.74, 6) is -0.666. The van der Waals surface area contributed by atoms with Gasteiger partial charge in [-0.15, -0.1) is 0 Å². The third-order valence-electron chi connectivity index (χ3n) is 4.68. The summed E-state index contributed by atoms with van der Waals surface area (Å²) in [6.07, 6.45) is 2.86. The summed E-state index contributed by atoms with van der Waals surface area (Å²) in [5.41, 5.74) is 2.54. The highest BCUT2D eigenvalue weighted by molar-refractivity contribution is 9.10. The first-order valence-corrected chi connectivity index (χ1v) is 11.2. The summed E-state index contributed by atoms with van der Waals surface area (Å²) in [4.78, 5) is 8.10. The van der Waals surface area contributed by atoms with Crippen LogP contribution in [0.1, 0.15) is 11.3 Å². The minimum absolute atomic E-state index is 0.0155. The molecule has 1 aromatic carbocycles. The lowest BCUT2D eigenvalue weighted by Gasteiger charge is -2.12. The maximum absolute atomic E-state index is 13.9. The van der Waals surface area contributed by atoms with E-state index in [1.54, 1.807) is 36.4 Å². The first-order chi connectivity index (χ1) is 14.3. The number of pyridine rings is 2. The molecular weight excluding hydrogens is 473 g/mol. The smallest absolute Gasteiger partial charge is 0.269 e. The largest absolute Gasteiger partial charge is 0.378 e. The zero-order valence-corrected chi connectivity index (χ0v) is 18.5. The third kappa shape index (κ3) is 3.53. The Labute approximate surface area is 181 Å². The molecule has 3 heterocycles. The van der Waals surface area contributed by atoms with Crippen LogP contribution in [0.15, 0.2) is 64.2 Å². The molecule has 4 rings (SSSR count). The number of hydrogen-bond acceptors (Lipinski definition) is 5. The zero-order valence-electron chi connectivity index (χ0n) is 16.1. The van der Waals surface area contributed by atoms with Gasteiger partial charge in [-0.25, -0.2) is 22.4 Å². The molecule has 0 atom stereocenters. The van der Waals surface area contributed by atoms with Crippen molar-refractivity contribution >= 4 is 37.0 Å². The average molecular weight is 490 g/mol. The van der Waals surface area contributed by atoms with Gasteiger partial charge in [0.2, 0.25) is 5.95 Å². The Kier molecular flexibility index (Phi) is 5.44. The molecule has 0 radical (unpaired) electrons. The Morgan fingerprint density at radius 2 is 1.87 bits per heavy atom. The standard InChI is InChI=1S/C21H17BrFN3O3S/c1-13-3-5-16(6-4-13)30(27,28)26-18(12-29-2)20(14-7-8-24-19(23)9-14)17-10-15(22)11-25-21(17)26/h3-11H,12H2,1-2H3. The van der Waals surface area contributed by atoms with Gasteiger partial charge in [0, 0.05) is 41.0 Å². The Balaban J connectivity index is 2.12. The summed E-state index contributed by atoms with van der Waals surface area (Å²) in [6, 6.07) is 11.2. The van der Waals surface area contributed by atoms with Crippen molar-refractivity contribution in [2.45, 2.75) is 18.4 Å². The van der Waals surface area contributed by atoms with Crippen molar-refractivity contribution < 1.29 is 17.5 Å². The van der Waals surface area contributed by atoms with Gasteiger partial charge in [0.15, 0.2) is 5.65 Å². The van der Waals surface area contributed by atoms with Gasteiger partial charge in [0.05, 0.1) is 17.2 Å². The van der Waals surface area contributed by atoms with Crippen molar-refractivity contribution in [2.75, 3.05) is 7.11 Å². The number of aryl methyl sites for hydroxylation is 1. The van der Waals surface area contributed by atoms with Crippen LogP contribution in [0.25, 0.3) is 22.2 Å². The summed E-state index contributed by atoms with van der Waals surface area (Å²) < 4.78 is 48.3. The van der Waals surface area contributed by atoms with Crippen LogP contribution in [0, 0.1) is 12.9 Å². The topological polar surface area (TPSA) is 74.1 Å². The van der Waals surface area contributed by atoms with E-state index in [-0.39, 0.29) is 17.1 Å². The molecule has 0 saturated carbocycles. The number of benzene rings is 1. The van der Waals surface area contributed by atoms with Gasteiger partial charge in [-0.3, -0.25) is 0 Å². The van der Waals surface area contributed by atoms with Crippen molar-refractivity contribution in [3.05, 3.63) is 76.5 Å². The van der Waals surface area contributed by atoms with Crippen LogP contribution >= 0.6 is 15.9 Å². The molecule has 30 heavy (non-hydrogen) atoms. The van der Waals surface area contributed by atoms with Crippen molar-refractivity contribution in [1.29, 1.82) is 0 Å². The van der Waals surface area contributed by atoms with E-state index in [1.807, 2.05) is 6.92 Å². The predicted octanol–water partition coefficient (Wildman–Crippen LogP) is 4.69. The molecule has 0 fully saturated rings. The molecule has 154 valence electrons. The van der Waals surface area contributed by atoms with E-state index in [1.165, 1.54) is 29.5 Å². The van der Waals surface area contributed by atoms with Gasteiger partial charge in [0.1, 0.15) is 0 Å². The highest BCUT2D eigenvalue weighted by Crippen LogP contribution is 2.38. The lowest BCUT2D eigenvalue weighted by atomic mass is 10.0. The summed E-state index contributed by atoms with van der Waals surface area (Å²) in [6.45, 7) is 1.87. The van der Waals surface area contributed by atoms with Gasteiger partial charge >= 0.3 is 0 Å². The second kappa shape index (κ2) is 7.90. The Morgan fingerprint density at radius 1 is 1.13 bits per heavy atom. The lowest BCUT2D eigenvalue weighted by molar-refractivity contribution is 0.181. The Hall–Kier alpha value is -2.62. The molecule has 0 unspecified atom stereocenters. The van der Waals surface area contributed by atoms with Crippen molar-refractivity contribution in [3.8, 4) is 11.1 Å². The van der Waals surface area contributed by atoms with Crippen LogP contribution in [-0.4, -0.2) is 29.5 Å². The van der Waals surface area contributed by atoms with Gasteiger partial charge in [0.25, 0.3) is 10.0 Å². The fourth-order valence-corrected chi connectivity index (χ4v) is 5.21. The first-order valence-electron chi connectivity index (χ1n) is 8.95. The monoisotopic (exact) mass is 489 g/mol. The third-order valence-corrected chi connectivity index (χ3v) is 6.86. The number of hydrogen-bond donors (Lipinski definition) is 0. The molecule has 6 nitrogen and oxygen atoms in total. The van der Waals surface area contributed by atoms with Crippen molar-refractivity contribution in [1.82, 2.24) is 13.9 Å². The summed E-state index contributed by atoms with van der Waals surface area (Å²) >= 11 is 3.39. The minimum atomic E-state index is -4.00. The number of ether oxygens (including phenoxy) is 1. The molecule has 0 aliphatic carbocycles. The first kappa shape index (κ1) is 20.6. The Bertz CT molecular complexity index is 1350. The number of fused-ring (bicyclic) bond motifs is 1. The van der Waals surface area contributed by atoms with Crippen LogP contribution in [0.5, 0.6) is 0 Å². The van der Waals surface area contributed by atoms with Crippen LogP contribution < -0.4 is 0 Å². The molecule has 0 amide bonds. The van der Waals surface area contributed by atoms with Gasteiger partial charge in [-0.05, 0) is 52.7 Å². The maximum atomic E-state index is 13.9. The van der Waals surface area contributed by atoms with E-state index in [9.17, 15) is 12.8 Å². The summed E-state index contributed by atoms with van der Waals surface area (Å²) in [7, 11) is -2.52. The van der Waals surface area contributed by atoms with E-state index in [0.717, 1.165) is 5.56 Å². The number of nitrogens with zero attached hydrogens (tertiary/aromatic N) is 3. The molecule has 0 N–H and O–H groups in total. The molecule has 0 aliphatic rings. The SMILES string of the molecule is COCc1c(-c2ccnc(F)c2)c2cc(Br)cnc2n1S(=O)(=O)c1ccc(C)cc1. The van der Waals surface area contributed by atoms with E-state index in [4.69, 9.17) is 4.74 Å². The van der Waals surface area contributed by atoms with Crippen LogP contribution in [0.3, 0.4) is 0 Å². The molecule has 0 spiro atoms. The number of methoxy groups -OCH3 is 1. The normalized spacial score (nSPS) is 11.9. The molecule has 0 aliphatic heterocycles. The minimum Gasteiger partial charge on any atom is -0.378 e. The molecular formula is C21H17BrFN3O3S. The van der Waals surface area contributed by atoms with E-state index < -0.39 is 16.0 Å². The highest BCUT2D eigenvalue weighted by atomic mass is 79.9. The van der Waals surface area contributed by atoms with Crippen molar-refractivity contribution in [2.24, 2.45) is 0 Å². The quantitative estimate of drug-likeness (QED) is 0.380. The number of rotatable bonds is 5. The maximum Gasteiger partial charge on any atom is 0.269 e. The fraction of sp³-hybridized carbons (Fsp3) is 0.143. The fourth-order valence-electron chi connectivity index (χ4n) is 3.38. The number of aromatic nitrogens is 3. The molecule has 4 aromatic rings. The van der Waals surface area contributed by atoms with Crippen LogP contribution in [0.2, 0.25) is 0 Å². The second-order valence-electron chi connectivity index (χ2n) is 6.73. The average Bonchev–Trinajstić information content (AvgIpc) is 3.02. The van der Waals surface area contributed by atoms with E-state index >= 15 is 0 Å².